The Morgan fingerprint density at radius 1 is 1.62 bits per heavy atom. The Morgan fingerprint density at radius 2 is 2.38 bits per heavy atom. The van der Waals surface area contributed by atoms with Crippen LogP contribution in [-0.2, 0) is 4.79 Å². The Hall–Kier alpha value is -0.330. The molecule has 0 bridgehead atoms. The van der Waals surface area contributed by atoms with E-state index >= 15 is 0 Å². The van der Waals surface area contributed by atoms with E-state index in [9.17, 15) is 4.79 Å². The molecular formula is C7H10O. The van der Waals surface area contributed by atoms with Gasteiger partial charge in [-0.2, -0.15) is 0 Å². The van der Waals surface area contributed by atoms with E-state index in [0.717, 1.165) is 18.3 Å². The number of fused-ring (bicyclic) bond motifs is 1. The molecule has 3 atom stereocenters. The molecule has 44 valence electrons. The van der Waals surface area contributed by atoms with E-state index < -0.39 is 0 Å². The van der Waals surface area contributed by atoms with E-state index in [1.165, 1.54) is 6.42 Å². The average Bonchev–Trinajstić information content (AvgIpc) is 2.39. The van der Waals surface area contributed by atoms with Crippen LogP contribution in [0.15, 0.2) is 0 Å². The lowest BCUT2D eigenvalue weighted by atomic mass is 10.1. The van der Waals surface area contributed by atoms with Gasteiger partial charge in [0.05, 0.1) is 0 Å². The molecule has 0 spiro atoms. The van der Waals surface area contributed by atoms with Gasteiger partial charge in [-0.15, -0.1) is 0 Å². The van der Waals surface area contributed by atoms with Crippen LogP contribution in [0.3, 0.4) is 0 Å². The first-order chi connectivity index (χ1) is 3.79. The fourth-order valence-corrected chi connectivity index (χ4v) is 1.80. The summed E-state index contributed by atoms with van der Waals surface area (Å²) in [6.45, 7) is 2.07. The van der Waals surface area contributed by atoms with Crippen molar-refractivity contribution in [3.05, 3.63) is 0 Å². The lowest BCUT2D eigenvalue weighted by Crippen LogP contribution is -2.05. The van der Waals surface area contributed by atoms with Crippen molar-refractivity contribution in [3.63, 3.8) is 0 Å². The molecular weight excluding hydrogens is 100 g/mol. The van der Waals surface area contributed by atoms with Crippen LogP contribution in [0.5, 0.6) is 0 Å². The van der Waals surface area contributed by atoms with E-state index in [0.29, 0.717) is 11.7 Å². The highest BCUT2D eigenvalue weighted by atomic mass is 16.1. The molecule has 1 nitrogen and oxygen atoms in total. The molecule has 2 aliphatic rings. The summed E-state index contributed by atoms with van der Waals surface area (Å²) in [6.07, 6.45) is 2.23. The topological polar surface area (TPSA) is 17.1 Å². The first-order valence-corrected chi connectivity index (χ1v) is 3.32. The summed E-state index contributed by atoms with van der Waals surface area (Å²) in [6, 6.07) is 0. The highest BCUT2D eigenvalue weighted by Gasteiger charge is 2.50. The Kier molecular flexibility index (Phi) is 0.651. The molecule has 0 aromatic rings. The molecule has 3 unspecified atom stereocenters. The maximum atomic E-state index is 10.8. The fourth-order valence-electron chi connectivity index (χ4n) is 1.80. The quantitative estimate of drug-likeness (QED) is 0.458. The molecule has 0 radical (unpaired) electrons. The second-order valence-corrected chi connectivity index (χ2v) is 3.12. The van der Waals surface area contributed by atoms with Crippen molar-refractivity contribution < 1.29 is 4.79 Å². The van der Waals surface area contributed by atoms with Gasteiger partial charge in [0, 0.05) is 12.3 Å². The number of carbonyl (C=O) groups excluding carboxylic acids is 1. The monoisotopic (exact) mass is 110 g/mol. The van der Waals surface area contributed by atoms with Gasteiger partial charge in [-0.25, -0.2) is 0 Å². The largest absolute Gasteiger partial charge is 0.299 e. The van der Waals surface area contributed by atoms with E-state index in [-0.39, 0.29) is 0 Å². The Bertz CT molecular complexity index is 139. The van der Waals surface area contributed by atoms with Gasteiger partial charge in [0.25, 0.3) is 0 Å². The molecule has 2 saturated carbocycles. The van der Waals surface area contributed by atoms with Crippen molar-refractivity contribution in [1.82, 2.24) is 0 Å². The molecule has 2 fully saturated rings. The lowest BCUT2D eigenvalue weighted by Gasteiger charge is -1.97. The molecule has 0 heterocycles. The first kappa shape index (κ1) is 4.54. The predicted octanol–water partition coefficient (Wildman–Crippen LogP) is 1.23. The minimum atomic E-state index is 0.417. The number of carbonyl (C=O) groups is 1. The molecule has 2 rings (SSSR count). The van der Waals surface area contributed by atoms with Crippen LogP contribution in [0.4, 0.5) is 0 Å². The SMILES string of the molecule is CC1C(=O)CC2CC21. The molecule has 0 aromatic carbocycles. The van der Waals surface area contributed by atoms with E-state index in [2.05, 4.69) is 6.92 Å². The van der Waals surface area contributed by atoms with Crippen LogP contribution in [0.25, 0.3) is 0 Å². The Balaban J connectivity index is 2.19. The second-order valence-electron chi connectivity index (χ2n) is 3.12. The standard InChI is InChI=1S/C7H10O/c1-4-6-2-5(6)3-7(4)8/h4-6H,2-3H2,1H3. The predicted molar refractivity (Wildman–Crippen MR) is 30.4 cm³/mol. The van der Waals surface area contributed by atoms with Crippen molar-refractivity contribution in [3.8, 4) is 0 Å². The van der Waals surface area contributed by atoms with Crippen molar-refractivity contribution >= 4 is 5.78 Å². The number of hydrogen-bond acceptors (Lipinski definition) is 1. The van der Waals surface area contributed by atoms with Gasteiger partial charge in [0.15, 0.2) is 0 Å². The molecule has 8 heavy (non-hydrogen) atoms. The normalized spacial score (nSPS) is 51.6. The number of ketones is 1. The molecule has 0 aliphatic heterocycles. The van der Waals surface area contributed by atoms with Crippen molar-refractivity contribution in [1.29, 1.82) is 0 Å². The minimum Gasteiger partial charge on any atom is -0.299 e. The minimum absolute atomic E-state index is 0.417. The number of hydrogen-bond donors (Lipinski definition) is 0. The summed E-state index contributed by atoms with van der Waals surface area (Å²) in [4.78, 5) is 10.8. The molecule has 2 aliphatic carbocycles. The highest BCUT2D eigenvalue weighted by Crippen LogP contribution is 2.53. The summed E-state index contributed by atoms with van der Waals surface area (Å²) in [5.41, 5.74) is 0. The maximum absolute atomic E-state index is 10.8. The van der Waals surface area contributed by atoms with E-state index in [1.807, 2.05) is 0 Å². The Morgan fingerprint density at radius 3 is 2.62 bits per heavy atom. The zero-order chi connectivity index (χ0) is 5.72. The van der Waals surface area contributed by atoms with Crippen LogP contribution in [0, 0.1) is 17.8 Å². The number of rotatable bonds is 0. The molecule has 0 amide bonds. The van der Waals surface area contributed by atoms with E-state index in [1.54, 1.807) is 0 Å². The highest BCUT2D eigenvalue weighted by molar-refractivity contribution is 5.84. The lowest BCUT2D eigenvalue weighted by molar-refractivity contribution is -0.121. The van der Waals surface area contributed by atoms with Gasteiger partial charge < -0.3 is 0 Å². The summed E-state index contributed by atoms with van der Waals surface area (Å²) in [5.74, 6) is 2.55. The summed E-state index contributed by atoms with van der Waals surface area (Å²) < 4.78 is 0. The molecule has 0 aromatic heterocycles. The third kappa shape index (κ3) is 0.396. The second kappa shape index (κ2) is 1.15. The van der Waals surface area contributed by atoms with Crippen molar-refractivity contribution in [2.24, 2.45) is 17.8 Å². The average molecular weight is 110 g/mol. The van der Waals surface area contributed by atoms with Gasteiger partial charge in [-0.05, 0) is 18.3 Å². The van der Waals surface area contributed by atoms with Crippen LogP contribution in [-0.4, -0.2) is 5.78 Å². The van der Waals surface area contributed by atoms with Crippen LogP contribution in [0.2, 0.25) is 0 Å². The first-order valence-electron chi connectivity index (χ1n) is 3.32. The van der Waals surface area contributed by atoms with E-state index in [4.69, 9.17) is 0 Å². The fraction of sp³-hybridized carbons (Fsp3) is 0.857. The van der Waals surface area contributed by atoms with Crippen molar-refractivity contribution in [2.45, 2.75) is 19.8 Å². The zero-order valence-corrected chi connectivity index (χ0v) is 5.05. The maximum Gasteiger partial charge on any atom is 0.136 e. The van der Waals surface area contributed by atoms with Crippen LogP contribution >= 0.6 is 0 Å². The van der Waals surface area contributed by atoms with Gasteiger partial charge >= 0.3 is 0 Å². The molecule has 0 saturated heterocycles. The smallest absolute Gasteiger partial charge is 0.136 e. The molecule has 0 N–H and O–H groups in total. The zero-order valence-electron chi connectivity index (χ0n) is 5.05. The summed E-state index contributed by atoms with van der Waals surface area (Å²) in [7, 11) is 0. The van der Waals surface area contributed by atoms with Gasteiger partial charge in [0.2, 0.25) is 0 Å². The summed E-state index contributed by atoms with van der Waals surface area (Å²) >= 11 is 0. The van der Waals surface area contributed by atoms with Crippen LogP contribution in [0.1, 0.15) is 19.8 Å². The van der Waals surface area contributed by atoms with Gasteiger partial charge in [0.1, 0.15) is 5.78 Å². The number of Topliss-reactive ketones (excluding diaryl/α,β-unsaturated/α-hetero) is 1. The third-order valence-electron chi connectivity index (χ3n) is 2.59. The van der Waals surface area contributed by atoms with Gasteiger partial charge in [-0.1, -0.05) is 6.92 Å². The van der Waals surface area contributed by atoms with Gasteiger partial charge in [-0.3, -0.25) is 4.79 Å². The molecule has 1 heteroatoms. The summed E-state index contributed by atoms with van der Waals surface area (Å²) in [5, 5.41) is 0. The Labute approximate surface area is 49.1 Å². The van der Waals surface area contributed by atoms with Crippen LogP contribution < -0.4 is 0 Å². The third-order valence-corrected chi connectivity index (χ3v) is 2.59. The van der Waals surface area contributed by atoms with Crippen molar-refractivity contribution in [2.75, 3.05) is 0 Å².